The van der Waals surface area contributed by atoms with Gasteiger partial charge in [-0.05, 0) is 50.2 Å². The number of carbonyl (C=O) groups is 1. The van der Waals surface area contributed by atoms with Crippen LogP contribution in [0.5, 0.6) is 11.5 Å². The highest BCUT2D eigenvalue weighted by Gasteiger charge is 2.41. The molecule has 0 bridgehead atoms. The number of Topliss-reactive ketones (excluding diaryl/α,β-unsaturated/α-hetero) is 1. The first kappa shape index (κ1) is 17.7. The number of carbonyl (C=O) groups excluding carboxylic acids is 1. The van der Waals surface area contributed by atoms with Crippen LogP contribution in [0, 0.1) is 0 Å². The van der Waals surface area contributed by atoms with E-state index < -0.39 is 0 Å². The summed E-state index contributed by atoms with van der Waals surface area (Å²) in [5.41, 5.74) is 1.47. The van der Waals surface area contributed by atoms with Crippen LogP contribution in [0.15, 0.2) is 42.0 Å². The number of allylic oxidation sites excluding steroid dienone is 2. The monoisotopic (exact) mass is 341 g/mol. The predicted octanol–water partition coefficient (Wildman–Crippen LogP) is 4.07. The largest absolute Gasteiger partial charge is 0.489 e. The smallest absolute Gasteiger partial charge is 0.170 e. The van der Waals surface area contributed by atoms with Gasteiger partial charge < -0.3 is 14.8 Å². The van der Waals surface area contributed by atoms with Crippen molar-refractivity contribution < 1.29 is 14.3 Å². The molecule has 1 fully saturated rings. The molecule has 0 atom stereocenters. The van der Waals surface area contributed by atoms with Gasteiger partial charge in [0, 0.05) is 12.8 Å². The zero-order valence-electron chi connectivity index (χ0n) is 15.1. The van der Waals surface area contributed by atoms with Crippen LogP contribution in [-0.4, -0.2) is 31.1 Å². The van der Waals surface area contributed by atoms with Crippen molar-refractivity contribution in [3.05, 3.63) is 47.6 Å². The van der Waals surface area contributed by atoms with Crippen molar-refractivity contribution in [2.45, 2.75) is 45.1 Å². The first-order valence-corrected chi connectivity index (χ1v) is 9.17. The first-order valence-electron chi connectivity index (χ1n) is 9.17. The summed E-state index contributed by atoms with van der Waals surface area (Å²) >= 11 is 0. The van der Waals surface area contributed by atoms with Gasteiger partial charge in [-0.3, -0.25) is 4.79 Å². The lowest BCUT2D eigenvalue weighted by atomic mass is 9.83. The predicted molar refractivity (Wildman–Crippen MR) is 99.5 cm³/mol. The summed E-state index contributed by atoms with van der Waals surface area (Å²) in [6.45, 7) is 6.41. The third-order valence-corrected chi connectivity index (χ3v) is 4.83. The van der Waals surface area contributed by atoms with Crippen LogP contribution < -0.4 is 14.8 Å². The van der Waals surface area contributed by atoms with E-state index in [1.165, 1.54) is 0 Å². The van der Waals surface area contributed by atoms with E-state index in [2.05, 4.69) is 24.4 Å². The van der Waals surface area contributed by atoms with Crippen molar-refractivity contribution >= 4 is 5.78 Å². The van der Waals surface area contributed by atoms with E-state index in [4.69, 9.17) is 9.47 Å². The molecule has 0 saturated carbocycles. The van der Waals surface area contributed by atoms with E-state index in [9.17, 15) is 4.79 Å². The molecule has 2 aliphatic heterocycles. The van der Waals surface area contributed by atoms with Gasteiger partial charge in [-0.2, -0.15) is 0 Å². The van der Waals surface area contributed by atoms with Gasteiger partial charge in [-0.15, -0.1) is 0 Å². The van der Waals surface area contributed by atoms with Gasteiger partial charge in [0.1, 0.15) is 23.7 Å². The average molecular weight is 341 g/mol. The lowest BCUT2D eigenvalue weighted by molar-refractivity contribution is 0.0186. The molecule has 1 N–H and O–H groups in total. The third-order valence-electron chi connectivity index (χ3n) is 4.83. The summed E-state index contributed by atoms with van der Waals surface area (Å²) in [6, 6.07) is 5.60. The molecule has 1 saturated heterocycles. The van der Waals surface area contributed by atoms with Gasteiger partial charge in [0.15, 0.2) is 5.78 Å². The van der Waals surface area contributed by atoms with Crippen molar-refractivity contribution in [1.29, 1.82) is 0 Å². The van der Waals surface area contributed by atoms with Crippen molar-refractivity contribution in [2.75, 3.05) is 19.7 Å². The van der Waals surface area contributed by atoms with E-state index >= 15 is 0 Å². The number of fused-ring (bicyclic) bond motifs is 1. The van der Waals surface area contributed by atoms with Crippen molar-refractivity contribution in [2.24, 2.45) is 0 Å². The summed E-state index contributed by atoms with van der Waals surface area (Å²) in [6.07, 6.45) is 9.40. The minimum absolute atomic E-state index is 0.159. The number of ether oxygens (including phenoxy) is 2. The molecule has 1 aromatic rings. The molecule has 0 unspecified atom stereocenters. The molecule has 134 valence electrons. The molecule has 2 heterocycles. The van der Waals surface area contributed by atoms with E-state index in [-0.39, 0.29) is 11.4 Å². The Balaban J connectivity index is 1.73. The second-order valence-corrected chi connectivity index (χ2v) is 6.77. The van der Waals surface area contributed by atoms with Crippen LogP contribution in [0.25, 0.3) is 0 Å². The van der Waals surface area contributed by atoms with E-state index in [1.807, 2.05) is 31.2 Å². The molecule has 3 rings (SSSR count). The molecule has 0 aliphatic carbocycles. The van der Waals surface area contributed by atoms with Crippen LogP contribution in [0.3, 0.4) is 0 Å². The molecule has 4 nitrogen and oxygen atoms in total. The Morgan fingerprint density at radius 3 is 2.88 bits per heavy atom. The van der Waals surface area contributed by atoms with Gasteiger partial charge in [-0.25, -0.2) is 0 Å². The molecule has 1 aromatic carbocycles. The highest BCUT2D eigenvalue weighted by molar-refractivity contribution is 6.00. The molecule has 0 radical (unpaired) electrons. The minimum Gasteiger partial charge on any atom is -0.489 e. The highest BCUT2D eigenvalue weighted by Crippen LogP contribution is 2.39. The Hall–Kier alpha value is -2.07. The van der Waals surface area contributed by atoms with Gasteiger partial charge >= 0.3 is 0 Å². The van der Waals surface area contributed by atoms with Crippen LogP contribution in [0.2, 0.25) is 0 Å². The Morgan fingerprint density at radius 1 is 1.36 bits per heavy atom. The summed E-state index contributed by atoms with van der Waals surface area (Å²) < 4.78 is 12.1. The Bertz CT molecular complexity index is 684. The summed E-state index contributed by atoms with van der Waals surface area (Å²) in [4.78, 5) is 12.7. The molecular weight excluding hydrogens is 314 g/mol. The second kappa shape index (κ2) is 7.87. The Morgan fingerprint density at radius 2 is 2.16 bits per heavy atom. The van der Waals surface area contributed by atoms with Crippen LogP contribution in [0.1, 0.15) is 49.9 Å². The number of hydrogen-bond acceptors (Lipinski definition) is 4. The summed E-state index contributed by atoms with van der Waals surface area (Å²) in [5, 5.41) is 3.33. The quantitative estimate of drug-likeness (QED) is 0.820. The fourth-order valence-corrected chi connectivity index (χ4v) is 3.54. The summed E-state index contributed by atoms with van der Waals surface area (Å²) in [7, 11) is 0. The number of hydrogen-bond donors (Lipinski definition) is 1. The second-order valence-electron chi connectivity index (χ2n) is 6.77. The third kappa shape index (κ3) is 4.13. The molecule has 2 aliphatic rings. The number of benzene rings is 1. The molecular formula is C21H27NO3. The lowest BCUT2D eigenvalue weighted by Gasteiger charge is -2.40. The molecule has 0 aromatic heterocycles. The van der Waals surface area contributed by atoms with Gasteiger partial charge in [0.25, 0.3) is 0 Å². The van der Waals surface area contributed by atoms with Crippen LogP contribution in [0.4, 0.5) is 0 Å². The maximum atomic E-state index is 12.7. The number of piperidine rings is 1. The van der Waals surface area contributed by atoms with Crippen molar-refractivity contribution in [3.63, 3.8) is 0 Å². The number of ketones is 1. The van der Waals surface area contributed by atoms with Crippen LogP contribution in [-0.2, 0) is 0 Å². The maximum absolute atomic E-state index is 12.7. The molecule has 25 heavy (non-hydrogen) atoms. The normalized spacial score (nSPS) is 19.8. The SMILES string of the molecule is C/C=C\C(=C/CC)COc1ccc2c(c1)C(=O)CC1(CCNCC1)O2. The van der Waals surface area contributed by atoms with Gasteiger partial charge in [-0.1, -0.05) is 25.2 Å². The number of rotatable bonds is 5. The zero-order chi connectivity index (χ0) is 17.7. The summed E-state index contributed by atoms with van der Waals surface area (Å²) in [5.74, 6) is 1.57. The standard InChI is InChI=1S/C21H27NO3/c1-3-5-16(6-4-2)15-24-17-7-8-20-18(13-17)19(23)14-21(25-20)9-11-22-12-10-21/h3,5-8,13,22H,4,9-12,14-15H2,1-2H3/b5-3-,16-6+. The molecule has 0 amide bonds. The molecule has 1 spiro atoms. The van der Waals surface area contributed by atoms with Gasteiger partial charge in [0.2, 0.25) is 0 Å². The fourth-order valence-electron chi connectivity index (χ4n) is 3.54. The van der Waals surface area contributed by atoms with E-state index in [0.717, 1.165) is 37.9 Å². The van der Waals surface area contributed by atoms with Crippen molar-refractivity contribution in [1.82, 2.24) is 5.32 Å². The van der Waals surface area contributed by atoms with Crippen molar-refractivity contribution in [3.8, 4) is 11.5 Å². The lowest BCUT2D eigenvalue weighted by Crippen LogP contribution is -2.49. The maximum Gasteiger partial charge on any atom is 0.170 e. The number of nitrogens with one attached hydrogen (secondary N) is 1. The first-order chi connectivity index (χ1) is 12.2. The fraction of sp³-hybridized carbons (Fsp3) is 0.476. The van der Waals surface area contributed by atoms with Crippen LogP contribution >= 0.6 is 0 Å². The molecule has 4 heteroatoms. The average Bonchev–Trinajstić information content (AvgIpc) is 2.61. The van der Waals surface area contributed by atoms with Gasteiger partial charge in [0.05, 0.1) is 12.0 Å². The highest BCUT2D eigenvalue weighted by atomic mass is 16.5. The Labute approximate surface area is 149 Å². The van der Waals surface area contributed by atoms with E-state index in [0.29, 0.717) is 30.1 Å². The van der Waals surface area contributed by atoms with E-state index in [1.54, 1.807) is 0 Å². The Kier molecular flexibility index (Phi) is 5.59. The topological polar surface area (TPSA) is 47.6 Å². The minimum atomic E-state index is -0.319. The zero-order valence-corrected chi connectivity index (χ0v) is 15.1.